The summed E-state index contributed by atoms with van der Waals surface area (Å²) in [4.78, 5) is 0. The smallest absolute Gasteiger partial charge is 1.00 e. The van der Waals surface area contributed by atoms with Crippen molar-refractivity contribution in [2.75, 3.05) is 0 Å². The van der Waals surface area contributed by atoms with Crippen molar-refractivity contribution in [2.24, 2.45) is 0 Å². The van der Waals surface area contributed by atoms with E-state index in [2.05, 4.69) is 0 Å². The van der Waals surface area contributed by atoms with Crippen molar-refractivity contribution in [1.82, 2.24) is 0 Å². The summed E-state index contributed by atoms with van der Waals surface area (Å²) in [6, 6.07) is 0. The molecule has 0 aliphatic carbocycles. The maximum absolute atomic E-state index is 5.03. The number of hydrogen-bond donors (Lipinski definition) is 0. The first-order valence-corrected chi connectivity index (χ1v) is 14.3. The standard InChI is InChI=1S/3ClH.La.Li.Tl.H/h3*1H;;;;/q;;;+3;+1;;-1/p-3. The Morgan fingerprint density at radius 3 is 1.17 bits per heavy atom. The molecule has 0 saturated heterocycles. The van der Waals surface area contributed by atoms with E-state index in [1.165, 1.54) is 0 Å². The van der Waals surface area contributed by atoms with Gasteiger partial charge in [0.2, 0.25) is 0 Å². The van der Waals surface area contributed by atoms with Crippen LogP contribution >= 0.6 is 20.4 Å². The minimum atomic E-state index is -2.31. The number of rotatable bonds is 0. The van der Waals surface area contributed by atoms with Crippen molar-refractivity contribution in [3.05, 3.63) is 0 Å². The Balaban J connectivity index is -0.0000000150. The Hall–Kier alpha value is 3.58. The summed E-state index contributed by atoms with van der Waals surface area (Å²) in [5.74, 6) is 0. The molecule has 6 heteroatoms. The summed E-state index contributed by atoms with van der Waals surface area (Å²) in [5.41, 5.74) is 0. The van der Waals surface area contributed by atoms with Crippen LogP contribution in [-0.4, -0.2) is 27.3 Å². The summed E-state index contributed by atoms with van der Waals surface area (Å²) in [7, 11) is 0. The van der Waals surface area contributed by atoms with Gasteiger partial charge in [-0.05, 0) is 0 Å². The van der Waals surface area contributed by atoms with Gasteiger partial charge in [0.1, 0.15) is 0 Å². The van der Waals surface area contributed by atoms with Crippen LogP contribution in [0, 0.1) is 25.7 Å². The van der Waals surface area contributed by atoms with Gasteiger partial charge in [0, 0.05) is 27.3 Å². The minimum absolute atomic E-state index is 0. The first kappa shape index (κ1) is 16.3. The fourth-order valence-electron chi connectivity index (χ4n) is 0. The third-order valence-corrected chi connectivity index (χ3v) is 0. The average molecular weight is 458 g/mol. The first-order chi connectivity index (χ1) is 1.73. The largest absolute Gasteiger partial charge is 1.00 e. The average Bonchev–Trinajstić information content (AvgIpc) is 0.811. The molecule has 0 heterocycles. The molecular formula is HCl3LaLiTl. The van der Waals surface area contributed by atoms with Gasteiger partial charge in [-0.15, -0.1) is 0 Å². The van der Waals surface area contributed by atoms with Crippen LogP contribution in [0.3, 0.4) is 0 Å². The second-order valence-electron chi connectivity index (χ2n) is 0.247. The van der Waals surface area contributed by atoms with Crippen molar-refractivity contribution in [2.45, 2.75) is 0 Å². The number of halogens is 3. The van der Waals surface area contributed by atoms with Crippen LogP contribution in [0.1, 0.15) is 1.43 Å². The Kier molecular flexibility index (Phi) is 30.9. The summed E-state index contributed by atoms with van der Waals surface area (Å²) >= 11 is -2.31. The molecule has 0 amide bonds. The summed E-state index contributed by atoms with van der Waals surface area (Å²) in [6.07, 6.45) is 0. The van der Waals surface area contributed by atoms with Gasteiger partial charge in [-0.25, -0.2) is 0 Å². The van der Waals surface area contributed by atoms with Crippen molar-refractivity contribution in [3.8, 4) is 0 Å². The van der Waals surface area contributed by atoms with Crippen molar-refractivity contribution in [3.63, 3.8) is 0 Å². The fourth-order valence-corrected chi connectivity index (χ4v) is 0. The van der Waals surface area contributed by atoms with Crippen LogP contribution in [0.25, 0.3) is 0 Å². The maximum Gasteiger partial charge on any atom is 1.00 e. The molecule has 0 aromatic rings. The molecule has 0 aromatic heterocycles. The van der Waals surface area contributed by atoms with E-state index >= 15 is 0 Å². The van der Waals surface area contributed by atoms with E-state index in [0.29, 0.717) is 0 Å². The molecule has 0 aliphatic heterocycles. The summed E-state index contributed by atoms with van der Waals surface area (Å²) < 4.78 is 0. The van der Waals surface area contributed by atoms with Gasteiger partial charge < -0.3 is 1.43 Å². The van der Waals surface area contributed by atoms with E-state index in [9.17, 15) is 0 Å². The van der Waals surface area contributed by atoms with Crippen LogP contribution in [0.4, 0.5) is 0 Å². The molecule has 0 bridgehead atoms. The van der Waals surface area contributed by atoms with Crippen LogP contribution in [0.2, 0.25) is 0 Å². The summed E-state index contributed by atoms with van der Waals surface area (Å²) in [6.45, 7) is 15.1. The molecule has 6 heavy (non-hydrogen) atoms. The molecule has 29 valence electrons. The van der Waals surface area contributed by atoms with Crippen LogP contribution in [-0.2, 0) is 0 Å². The van der Waals surface area contributed by atoms with Gasteiger partial charge in [0.05, 0.1) is 0 Å². The monoisotopic (exact) mass is 457 g/mol. The quantitative estimate of drug-likeness (QED) is 0.401. The molecule has 0 atom stereocenters. The zero-order valence-corrected chi connectivity index (χ0v) is 13.7. The zero-order chi connectivity index (χ0) is 3.58. The normalized spacial score (nSPS) is 4.50. The molecule has 1 radical (unpaired) electrons. The van der Waals surface area contributed by atoms with Gasteiger partial charge >= 0.3 is 64.9 Å². The Morgan fingerprint density at radius 1 is 1.17 bits per heavy atom. The topological polar surface area (TPSA) is 0 Å². The molecule has 0 saturated carbocycles. The van der Waals surface area contributed by atoms with Gasteiger partial charge in [0.25, 0.3) is 0 Å². The van der Waals surface area contributed by atoms with Crippen LogP contribution < -0.4 is 18.9 Å². The Labute approximate surface area is 91.2 Å². The molecule has 0 spiro atoms. The Bertz CT molecular complexity index is 19.7. The molecule has 0 nitrogen and oxygen atoms in total. The van der Waals surface area contributed by atoms with Gasteiger partial charge in [-0.2, -0.15) is 0 Å². The van der Waals surface area contributed by atoms with E-state index in [4.69, 9.17) is 20.4 Å². The summed E-state index contributed by atoms with van der Waals surface area (Å²) in [5, 5.41) is 0. The number of hydrogen-bond acceptors (Lipinski definition) is 0. The molecule has 0 N–H and O–H groups in total. The first-order valence-electron chi connectivity index (χ1n) is 0.655. The molecule has 0 rings (SSSR count). The molecule has 0 unspecified atom stereocenters. The van der Waals surface area contributed by atoms with Gasteiger partial charge in [0.15, 0.2) is 0 Å². The molecular weight excluding hydrogens is 457 g/mol. The third-order valence-electron chi connectivity index (χ3n) is 0. The maximum atomic E-state index is 5.03. The second kappa shape index (κ2) is 11.4. The van der Waals surface area contributed by atoms with Crippen molar-refractivity contribution < 1.29 is 45.9 Å². The van der Waals surface area contributed by atoms with Gasteiger partial charge in [-0.1, -0.05) is 0 Å². The third kappa shape index (κ3) is 25.6. The SMILES string of the molecule is [Cl][La]([Cl])[Cl].[H-].[Li+].[Tl]. The van der Waals surface area contributed by atoms with Crippen molar-refractivity contribution in [1.29, 1.82) is 0 Å². The van der Waals surface area contributed by atoms with Crippen molar-refractivity contribution >= 4 is 47.7 Å². The minimum Gasteiger partial charge on any atom is -1.00 e. The molecule has 0 fully saturated rings. The predicted molar refractivity (Wildman–Crippen MR) is 24.4 cm³/mol. The zero-order valence-electron chi connectivity index (χ0n) is 4.29. The fraction of sp³-hybridized carbons (Fsp3) is 0. The van der Waals surface area contributed by atoms with E-state index in [-0.39, 0.29) is 47.6 Å². The van der Waals surface area contributed by atoms with E-state index < -0.39 is 25.7 Å². The molecule has 0 aliphatic rings. The molecule has 0 aromatic carbocycles. The predicted octanol–water partition coefficient (Wildman–Crippen LogP) is -1.20. The van der Waals surface area contributed by atoms with E-state index in [1.54, 1.807) is 0 Å². The van der Waals surface area contributed by atoms with Crippen LogP contribution in [0.5, 0.6) is 0 Å². The van der Waals surface area contributed by atoms with E-state index in [0.717, 1.165) is 0 Å². The van der Waals surface area contributed by atoms with Crippen LogP contribution in [0.15, 0.2) is 0 Å². The van der Waals surface area contributed by atoms with E-state index in [1.807, 2.05) is 0 Å². The Morgan fingerprint density at radius 2 is 1.17 bits per heavy atom. The van der Waals surface area contributed by atoms with Gasteiger partial charge in [-0.3, -0.25) is 0 Å². The second-order valence-corrected chi connectivity index (χ2v) is 16.2.